The topological polar surface area (TPSA) is 107 Å². The molecule has 0 aliphatic rings. The van der Waals surface area contributed by atoms with E-state index in [0.29, 0.717) is 11.3 Å². The normalized spacial score (nSPS) is 10.5. The van der Waals surface area contributed by atoms with Crippen molar-refractivity contribution in [2.24, 2.45) is 5.73 Å². The number of carbonyl (C=O) groups is 1. The van der Waals surface area contributed by atoms with Crippen molar-refractivity contribution in [2.45, 2.75) is 13.2 Å². The third kappa shape index (κ3) is 4.38. The van der Waals surface area contributed by atoms with Crippen molar-refractivity contribution in [3.05, 3.63) is 63.7 Å². The van der Waals surface area contributed by atoms with E-state index < -0.39 is 17.4 Å². The van der Waals surface area contributed by atoms with E-state index in [1.807, 2.05) is 0 Å². The maximum Gasteiger partial charge on any atom is 0.387 e. The molecule has 7 nitrogen and oxygen atoms in total. The van der Waals surface area contributed by atoms with E-state index in [2.05, 4.69) is 10.1 Å². The highest BCUT2D eigenvalue weighted by molar-refractivity contribution is 5.93. The Hall–Kier alpha value is -3.23. The van der Waals surface area contributed by atoms with Crippen molar-refractivity contribution in [2.75, 3.05) is 5.32 Å². The molecule has 2 aromatic carbocycles. The van der Waals surface area contributed by atoms with Gasteiger partial charge in [0.2, 0.25) is 5.91 Å². The fraction of sp³-hybridized carbons (Fsp3) is 0.133. The zero-order valence-electron chi connectivity index (χ0n) is 12.2. The Bertz CT molecular complexity index is 751. The molecule has 0 saturated heterocycles. The van der Waals surface area contributed by atoms with Crippen LogP contribution in [0, 0.1) is 10.1 Å². The fourth-order valence-electron chi connectivity index (χ4n) is 1.99. The molecule has 0 saturated carbocycles. The lowest BCUT2D eigenvalue weighted by Gasteiger charge is -2.09. The lowest BCUT2D eigenvalue weighted by Crippen LogP contribution is -2.12. The number of anilines is 1. The van der Waals surface area contributed by atoms with Crippen LogP contribution in [0.1, 0.15) is 15.9 Å². The number of hydrogen-bond acceptors (Lipinski definition) is 5. The van der Waals surface area contributed by atoms with Gasteiger partial charge in [-0.25, -0.2) is 0 Å². The predicted octanol–water partition coefficient (Wildman–Crippen LogP) is 2.91. The lowest BCUT2D eigenvalue weighted by atomic mass is 10.1. The maximum atomic E-state index is 12.1. The highest BCUT2D eigenvalue weighted by Crippen LogP contribution is 2.23. The minimum Gasteiger partial charge on any atom is -0.435 e. The quantitative estimate of drug-likeness (QED) is 0.596. The van der Waals surface area contributed by atoms with Crippen LogP contribution < -0.4 is 15.8 Å². The van der Waals surface area contributed by atoms with Gasteiger partial charge in [-0.3, -0.25) is 14.9 Å². The van der Waals surface area contributed by atoms with Gasteiger partial charge in [-0.1, -0.05) is 0 Å². The number of nitrogens with one attached hydrogen (secondary N) is 1. The van der Waals surface area contributed by atoms with Gasteiger partial charge in [-0.15, -0.1) is 0 Å². The van der Waals surface area contributed by atoms with Gasteiger partial charge >= 0.3 is 6.61 Å². The largest absolute Gasteiger partial charge is 0.435 e. The lowest BCUT2D eigenvalue weighted by molar-refractivity contribution is -0.385. The van der Waals surface area contributed by atoms with Crippen LogP contribution in [0.5, 0.6) is 5.75 Å². The molecule has 0 heterocycles. The molecule has 2 aromatic rings. The van der Waals surface area contributed by atoms with Crippen molar-refractivity contribution >= 4 is 17.3 Å². The molecule has 0 aliphatic carbocycles. The van der Waals surface area contributed by atoms with E-state index in [-0.39, 0.29) is 23.5 Å². The van der Waals surface area contributed by atoms with E-state index in [0.717, 1.165) is 6.07 Å². The number of nitro benzene ring substituents is 1. The Morgan fingerprint density at radius 1 is 1.25 bits per heavy atom. The van der Waals surface area contributed by atoms with E-state index in [9.17, 15) is 23.7 Å². The number of primary amides is 1. The van der Waals surface area contributed by atoms with E-state index in [1.165, 1.54) is 36.4 Å². The van der Waals surface area contributed by atoms with Gasteiger partial charge < -0.3 is 15.8 Å². The number of amides is 1. The van der Waals surface area contributed by atoms with Gasteiger partial charge in [0.25, 0.3) is 5.69 Å². The first-order valence-electron chi connectivity index (χ1n) is 6.72. The van der Waals surface area contributed by atoms with Crippen LogP contribution in [0.15, 0.2) is 42.5 Å². The van der Waals surface area contributed by atoms with E-state index >= 15 is 0 Å². The number of hydrogen-bond donors (Lipinski definition) is 2. The van der Waals surface area contributed by atoms with Crippen molar-refractivity contribution in [1.29, 1.82) is 0 Å². The highest BCUT2D eigenvalue weighted by Gasteiger charge is 2.16. The van der Waals surface area contributed by atoms with Crippen LogP contribution in [-0.4, -0.2) is 17.4 Å². The molecule has 0 atom stereocenters. The molecular formula is C15H13F2N3O4. The van der Waals surface area contributed by atoms with Crippen molar-refractivity contribution in [3.63, 3.8) is 0 Å². The Kier molecular flexibility index (Phi) is 5.25. The van der Waals surface area contributed by atoms with Crippen LogP contribution >= 0.6 is 0 Å². The number of benzene rings is 2. The summed E-state index contributed by atoms with van der Waals surface area (Å²) in [6.07, 6.45) is 0. The van der Waals surface area contributed by atoms with Gasteiger partial charge in [0, 0.05) is 29.4 Å². The van der Waals surface area contributed by atoms with E-state index in [4.69, 9.17) is 5.73 Å². The monoisotopic (exact) mass is 337 g/mol. The highest BCUT2D eigenvalue weighted by atomic mass is 19.3. The van der Waals surface area contributed by atoms with Gasteiger partial charge in [-0.05, 0) is 36.4 Å². The Morgan fingerprint density at radius 3 is 2.46 bits per heavy atom. The molecule has 0 aromatic heterocycles. The fourth-order valence-corrected chi connectivity index (χ4v) is 1.99. The van der Waals surface area contributed by atoms with Gasteiger partial charge in [0.15, 0.2) is 0 Å². The molecule has 0 radical (unpaired) electrons. The zero-order chi connectivity index (χ0) is 17.7. The molecular weight excluding hydrogens is 324 g/mol. The van der Waals surface area contributed by atoms with Gasteiger partial charge in [0.1, 0.15) is 5.75 Å². The number of ether oxygens (including phenoxy) is 1. The smallest absolute Gasteiger partial charge is 0.387 e. The summed E-state index contributed by atoms with van der Waals surface area (Å²) in [7, 11) is 0. The summed E-state index contributed by atoms with van der Waals surface area (Å²) in [5.41, 5.74) is 5.81. The molecule has 0 fully saturated rings. The SMILES string of the molecule is NC(=O)c1ccc(CNc2ccc(OC(F)F)cc2)c([N+](=O)[O-])c1. The number of rotatable bonds is 7. The summed E-state index contributed by atoms with van der Waals surface area (Å²) in [5, 5.41) is 14.0. The Balaban J connectivity index is 2.11. The Labute approximate surface area is 135 Å². The minimum atomic E-state index is -2.91. The first-order valence-corrected chi connectivity index (χ1v) is 6.72. The third-order valence-corrected chi connectivity index (χ3v) is 3.13. The summed E-state index contributed by atoms with van der Waals surface area (Å²) in [5.74, 6) is -0.750. The van der Waals surface area contributed by atoms with Crippen molar-refractivity contribution in [3.8, 4) is 5.75 Å². The second-order valence-electron chi connectivity index (χ2n) is 4.72. The molecule has 0 spiro atoms. The van der Waals surface area contributed by atoms with Gasteiger partial charge in [-0.2, -0.15) is 8.78 Å². The standard InChI is InChI=1S/C15H13F2N3O4/c16-15(17)24-12-5-3-11(4-6-12)19-8-10-2-1-9(14(18)21)7-13(10)20(22)23/h1-7,15,19H,8H2,(H2,18,21). The average Bonchev–Trinajstić information content (AvgIpc) is 2.53. The van der Waals surface area contributed by atoms with Crippen LogP contribution in [0.25, 0.3) is 0 Å². The number of carbonyl (C=O) groups excluding carboxylic acids is 1. The molecule has 2 rings (SSSR count). The van der Waals surface area contributed by atoms with Gasteiger partial charge in [0.05, 0.1) is 4.92 Å². The van der Waals surface area contributed by atoms with Crippen LogP contribution in [0.4, 0.5) is 20.2 Å². The maximum absolute atomic E-state index is 12.1. The molecule has 3 N–H and O–H groups in total. The van der Waals surface area contributed by atoms with Crippen molar-refractivity contribution in [1.82, 2.24) is 0 Å². The average molecular weight is 337 g/mol. The van der Waals surface area contributed by atoms with Crippen LogP contribution in [-0.2, 0) is 6.54 Å². The van der Waals surface area contributed by atoms with E-state index in [1.54, 1.807) is 0 Å². The number of nitrogens with zero attached hydrogens (tertiary/aromatic N) is 1. The molecule has 0 bridgehead atoms. The number of halogens is 2. The minimum absolute atomic E-state index is 0.00680. The second-order valence-corrected chi connectivity index (χ2v) is 4.72. The molecule has 1 amide bonds. The summed E-state index contributed by atoms with van der Waals surface area (Å²) in [6.45, 7) is -2.81. The molecule has 0 aliphatic heterocycles. The summed E-state index contributed by atoms with van der Waals surface area (Å²) in [4.78, 5) is 21.6. The van der Waals surface area contributed by atoms with Crippen LogP contribution in [0.2, 0.25) is 0 Å². The molecule has 24 heavy (non-hydrogen) atoms. The molecule has 126 valence electrons. The summed E-state index contributed by atoms with van der Waals surface area (Å²) >= 11 is 0. The Morgan fingerprint density at radius 2 is 1.92 bits per heavy atom. The first kappa shape index (κ1) is 17.1. The first-order chi connectivity index (χ1) is 11.4. The molecule has 0 unspecified atom stereocenters. The second kappa shape index (κ2) is 7.36. The number of alkyl halides is 2. The zero-order valence-corrected chi connectivity index (χ0v) is 12.2. The van der Waals surface area contributed by atoms with Crippen molar-refractivity contribution < 1.29 is 23.2 Å². The predicted molar refractivity (Wildman–Crippen MR) is 82.0 cm³/mol. The summed E-state index contributed by atoms with van der Waals surface area (Å²) < 4.78 is 28.4. The third-order valence-electron chi connectivity index (χ3n) is 3.13. The summed E-state index contributed by atoms with van der Waals surface area (Å²) in [6, 6.07) is 9.63. The molecule has 9 heteroatoms. The number of nitro groups is 1. The van der Waals surface area contributed by atoms with Crippen LogP contribution in [0.3, 0.4) is 0 Å². The number of nitrogens with two attached hydrogens (primary N) is 1.